The van der Waals surface area contributed by atoms with E-state index in [9.17, 15) is 4.79 Å². The fraction of sp³-hybridized carbons (Fsp3) is 0.917. The number of rotatable bonds is 7. The Balaban J connectivity index is 0.00000256. The van der Waals surface area contributed by atoms with E-state index in [1.165, 1.54) is 0 Å². The van der Waals surface area contributed by atoms with Crippen LogP contribution in [-0.2, 0) is 9.53 Å². The number of hydrogen-bond acceptors (Lipinski definition) is 3. The number of nitrogens with one attached hydrogen (secondary N) is 2. The van der Waals surface area contributed by atoms with E-state index >= 15 is 0 Å². The predicted molar refractivity (Wildman–Crippen MR) is 71.6 cm³/mol. The molecule has 0 bridgehead atoms. The molecule has 1 unspecified atom stereocenters. The van der Waals surface area contributed by atoms with Crippen LogP contribution in [-0.4, -0.2) is 38.8 Å². The molecule has 0 aromatic carbocycles. The van der Waals surface area contributed by atoms with E-state index in [0.29, 0.717) is 0 Å². The maximum absolute atomic E-state index is 11.7. The maximum atomic E-state index is 11.7. The van der Waals surface area contributed by atoms with Gasteiger partial charge in [0, 0.05) is 26.3 Å². The number of carbonyl (C=O) groups excluding carboxylic acids is 1. The van der Waals surface area contributed by atoms with Gasteiger partial charge in [0.1, 0.15) is 0 Å². The lowest BCUT2D eigenvalue weighted by molar-refractivity contribution is -0.125. The predicted octanol–water partition coefficient (Wildman–Crippen LogP) is 1.34. The lowest BCUT2D eigenvalue weighted by Crippen LogP contribution is -2.40. The van der Waals surface area contributed by atoms with Gasteiger partial charge in [-0.2, -0.15) is 0 Å². The third kappa shape index (κ3) is 7.58. The Hall–Kier alpha value is -0.320. The molecule has 0 aliphatic carbocycles. The highest BCUT2D eigenvalue weighted by molar-refractivity contribution is 5.85. The number of halogens is 1. The minimum absolute atomic E-state index is 0. The lowest BCUT2D eigenvalue weighted by atomic mass is 9.99. The van der Waals surface area contributed by atoms with Crippen LogP contribution < -0.4 is 10.6 Å². The number of carbonyl (C=O) groups is 1. The lowest BCUT2D eigenvalue weighted by Gasteiger charge is -2.21. The van der Waals surface area contributed by atoms with Gasteiger partial charge in [-0.05, 0) is 39.2 Å². The highest BCUT2D eigenvalue weighted by Crippen LogP contribution is 2.09. The maximum Gasteiger partial charge on any atom is 0.224 e. The Morgan fingerprint density at radius 3 is 2.94 bits per heavy atom. The molecule has 1 saturated heterocycles. The van der Waals surface area contributed by atoms with E-state index < -0.39 is 0 Å². The van der Waals surface area contributed by atoms with Crippen LogP contribution in [0.4, 0.5) is 0 Å². The molecule has 1 amide bonds. The van der Waals surface area contributed by atoms with Crippen molar-refractivity contribution in [1.82, 2.24) is 10.6 Å². The van der Waals surface area contributed by atoms with Crippen molar-refractivity contribution in [2.45, 2.75) is 32.6 Å². The van der Waals surface area contributed by atoms with E-state index in [2.05, 4.69) is 10.6 Å². The summed E-state index contributed by atoms with van der Waals surface area (Å²) in [6.45, 7) is 6.25. The Morgan fingerprint density at radius 2 is 2.29 bits per heavy atom. The molecule has 1 aliphatic heterocycles. The van der Waals surface area contributed by atoms with E-state index in [-0.39, 0.29) is 24.2 Å². The Kier molecular flexibility index (Phi) is 10.6. The third-order valence-electron chi connectivity index (χ3n) is 2.89. The molecule has 0 aromatic rings. The molecule has 5 heteroatoms. The number of hydrogen-bond donors (Lipinski definition) is 2. The van der Waals surface area contributed by atoms with Gasteiger partial charge in [0.05, 0.1) is 5.92 Å². The first kappa shape index (κ1) is 16.7. The summed E-state index contributed by atoms with van der Waals surface area (Å²) >= 11 is 0. The van der Waals surface area contributed by atoms with Crippen molar-refractivity contribution in [3.05, 3.63) is 0 Å². The SMILES string of the molecule is CCOCCCCNC(=O)C1CCCNC1.Cl. The molecule has 17 heavy (non-hydrogen) atoms. The van der Waals surface area contributed by atoms with Crippen molar-refractivity contribution in [3.8, 4) is 0 Å². The zero-order chi connectivity index (χ0) is 11.6. The van der Waals surface area contributed by atoms with Crippen molar-refractivity contribution in [3.63, 3.8) is 0 Å². The molecule has 2 N–H and O–H groups in total. The van der Waals surface area contributed by atoms with E-state index in [1.807, 2.05) is 6.92 Å². The van der Waals surface area contributed by atoms with Gasteiger partial charge >= 0.3 is 0 Å². The number of piperidine rings is 1. The zero-order valence-corrected chi connectivity index (χ0v) is 11.5. The molecule has 0 spiro atoms. The largest absolute Gasteiger partial charge is 0.382 e. The summed E-state index contributed by atoms with van der Waals surface area (Å²) in [4.78, 5) is 11.7. The van der Waals surface area contributed by atoms with E-state index in [1.54, 1.807) is 0 Å². The normalized spacial score (nSPS) is 19.5. The molecular weight excluding hydrogens is 240 g/mol. The van der Waals surface area contributed by atoms with Crippen LogP contribution in [0.3, 0.4) is 0 Å². The molecule has 1 aliphatic rings. The van der Waals surface area contributed by atoms with Gasteiger partial charge in [-0.25, -0.2) is 0 Å². The highest BCUT2D eigenvalue weighted by atomic mass is 35.5. The number of ether oxygens (including phenoxy) is 1. The molecule has 1 fully saturated rings. The summed E-state index contributed by atoms with van der Waals surface area (Å²) in [5.41, 5.74) is 0. The molecule has 1 rings (SSSR count). The average Bonchev–Trinajstić information content (AvgIpc) is 2.34. The zero-order valence-electron chi connectivity index (χ0n) is 10.7. The molecule has 1 atom stereocenters. The first-order chi connectivity index (χ1) is 7.84. The van der Waals surface area contributed by atoms with Crippen LogP contribution in [0.15, 0.2) is 0 Å². The summed E-state index contributed by atoms with van der Waals surface area (Å²) in [5, 5.41) is 6.25. The Labute approximate surface area is 110 Å². The second-order valence-corrected chi connectivity index (χ2v) is 4.24. The van der Waals surface area contributed by atoms with Crippen molar-refractivity contribution >= 4 is 18.3 Å². The van der Waals surface area contributed by atoms with Crippen LogP contribution in [0.25, 0.3) is 0 Å². The van der Waals surface area contributed by atoms with Crippen LogP contribution in [0.1, 0.15) is 32.6 Å². The quantitative estimate of drug-likeness (QED) is 0.683. The summed E-state index contributed by atoms with van der Waals surface area (Å²) in [6.07, 6.45) is 4.17. The van der Waals surface area contributed by atoms with Gasteiger partial charge in [-0.15, -0.1) is 12.4 Å². The summed E-state index contributed by atoms with van der Waals surface area (Å²) in [5.74, 6) is 0.393. The molecule has 4 nitrogen and oxygen atoms in total. The van der Waals surface area contributed by atoms with E-state index in [0.717, 1.165) is 58.5 Å². The first-order valence-electron chi connectivity index (χ1n) is 6.40. The Morgan fingerprint density at radius 1 is 1.47 bits per heavy atom. The summed E-state index contributed by atoms with van der Waals surface area (Å²) in [7, 11) is 0. The molecule has 0 aromatic heterocycles. The second kappa shape index (κ2) is 10.8. The van der Waals surface area contributed by atoms with Gasteiger partial charge in [0.2, 0.25) is 5.91 Å². The third-order valence-corrected chi connectivity index (χ3v) is 2.89. The van der Waals surface area contributed by atoms with Crippen molar-refractivity contribution in [1.29, 1.82) is 0 Å². The molecule has 0 radical (unpaired) electrons. The van der Waals surface area contributed by atoms with Crippen molar-refractivity contribution in [2.24, 2.45) is 5.92 Å². The monoisotopic (exact) mass is 264 g/mol. The average molecular weight is 265 g/mol. The van der Waals surface area contributed by atoms with Gasteiger partial charge in [0.15, 0.2) is 0 Å². The standard InChI is InChI=1S/C12H24N2O2.ClH/c1-2-16-9-4-3-8-14-12(15)11-6-5-7-13-10-11;/h11,13H,2-10H2,1H3,(H,14,15);1H. The minimum atomic E-state index is 0. The fourth-order valence-electron chi connectivity index (χ4n) is 1.90. The topological polar surface area (TPSA) is 50.4 Å². The molecular formula is C12H25ClN2O2. The van der Waals surface area contributed by atoms with E-state index in [4.69, 9.17) is 4.74 Å². The smallest absolute Gasteiger partial charge is 0.224 e. The molecule has 102 valence electrons. The number of amides is 1. The first-order valence-corrected chi connectivity index (χ1v) is 6.40. The van der Waals surface area contributed by atoms with Crippen LogP contribution in [0.5, 0.6) is 0 Å². The van der Waals surface area contributed by atoms with Crippen LogP contribution >= 0.6 is 12.4 Å². The van der Waals surface area contributed by atoms with Crippen molar-refractivity contribution < 1.29 is 9.53 Å². The molecule has 1 heterocycles. The number of unbranched alkanes of at least 4 members (excludes halogenated alkanes) is 1. The molecule has 0 saturated carbocycles. The van der Waals surface area contributed by atoms with Gasteiger partial charge in [-0.1, -0.05) is 0 Å². The van der Waals surface area contributed by atoms with Gasteiger partial charge in [-0.3, -0.25) is 4.79 Å². The summed E-state index contributed by atoms with van der Waals surface area (Å²) < 4.78 is 5.23. The van der Waals surface area contributed by atoms with Crippen LogP contribution in [0, 0.1) is 5.92 Å². The second-order valence-electron chi connectivity index (χ2n) is 4.24. The minimum Gasteiger partial charge on any atom is -0.382 e. The van der Waals surface area contributed by atoms with Gasteiger partial charge < -0.3 is 15.4 Å². The highest BCUT2D eigenvalue weighted by Gasteiger charge is 2.19. The van der Waals surface area contributed by atoms with Gasteiger partial charge in [0.25, 0.3) is 0 Å². The Bertz CT molecular complexity index is 197. The fourth-order valence-corrected chi connectivity index (χ4v) is 1.90. The van der Waals surface area contributed by atoms with Crippen molar-refractivity contribution in [2.75, 3.05) is 32.8 Å². The van der Waals surface area contributed by atoms with Crippen LogP contribution in [0.2, 0.25) is 0 Å². The summed E-state index contributed by atoms with van der Waals surface area (Å²) in [6, 6.07) is 0.